The van der Waals surface area contributed by atoms with Gasteiger partial charge < -0.3 is 5.11 Å². The average molecular weight is 244 g/mol. The highest BCUT2D eigenvalue weighted by molar-refractivity contribution is 6.00. The van der Waals surface area contributed by atoms with E-state index in [9.17, 15) is 9.90 Å². The number of phenols is 1. The summed E-state index contributed by atoms with van der Waals surface area (Å²) in [5.74, 6) is 0.680. The monoisotopic (exact) mass is 244 g/mol. The molecule has 0 aliphatic rings. The van der Waals surface area contributed by atoms with Crippen LogP contribution in [0.2, 0.25) is 0 Å². The number of aromatic hydroxyl groups is 1. The van der Waals surface area contributed by atoms with Crippen LogP contribution in [0, 0.1) is 6.92 Å². The Morgan fingerprint density at radius 2 is 2.33 bits per heavy atom. The molecule has 0 aliphatic heterocycles. The van der Waals surface area contributed by atoms with E-state index >= 15 is 0 Å². The Kier molecular flexibility index (Phi) is 3.38. The molecule has 6 nitrogen and oxygen atoms in total. The molecule has 0 radical (unpaired) electrons. The van der Waals surface area contributed by atoms with Crippen LogP contribution >= 0.6 is 0 Å². The van der Waals surface area contributed by atoms with Crippen molar-refractivity contribution in [2.45, 2.75) is 6.92 Å². The van der Waals surface area contributed by atoms with Gasteiger partial charge in [-0.25, -0.2) is 0 Å². The van der Waals surface area contributed by atoms with Gasteiger partial charge >= 0.3 is 0 Å². The summed E-state index contributed by atoms with van der Waals surface area (Å²) in [6, 6.07) is 6.60. The van der Waals surface area contributed by atoms with Crippen LogP contribution in [-0.4, -0.2) is 26.2 Å². The first kappa shape index (κ1) is 11.8. The van der Waals surface area contributed by atoms with E-state index in [0.29, 0.717) is 5.82 Å². The number of aryl methyl sites for hydroxylation is 1. The highest BCUT2D eigenvalue weighted by Crippen LogP contribution is 2.12. The number of carbonyl (C=O) groups is 1. The number of H-pyrrole nitrogens is 1. The molecule has 0 saturated heterocycles. The van der Waals surface area contributed by atoms with Crippen molar-refractivity contribution in [1.82, 2.24) is 15.2 Å². The minimum Gasteiger partial charge on any atom is -0.508 e. The Bertz CT molecular complexity index is 589. The van der Waals surface area contributed by atoms with E-state index in [-0.39, 0.29) is 17.6 Å². The summed E-state index contributed by atoms with van der Waals surface area (Å²) in [5.41, 5.74) is 0.733. The van der Waals surface area contributed by atoms with Gasteiger partial charge in [0.25, 0.3) is 5.91 Å². The molecule has 0 unspecified atom stereocenters. The molecule has 1 heterocycles. The van der Waals surface area contributed by atoms with Crippen molar-refractivity contribution in [3.05, 3.63) is 41.7 Å². The van der Waals surface area contributed by atoms with E-state index in [4.69, 9.17) is 0 Å². The van der Waals surface area contributed by atoms with Crippen molar-refractivity contribution in [2.75, 3.05) is 5.32 Å². The number of aromatic amines is 1. The Morgan fingerprint density at radius 1 is 1.50 bits per heavy atom. The minimum atomic E-state index is -0.336. The Hall–Kier alpha value is -2.63. The minimum absolute atomic E-state index is 0.155. The highest BCUT2D eigenvalue weighted by atomic mass is 16.3. The van der Waals surface area contributed by atoms with E-state index in [1.165, 1.54) is 6.08 Å². The van der Waals surface area contributed by atoms with Crippen LogP contribution in [0.15, 0.2) is 30.3 Å². The predicted octanol–water partition coefficient (Wildman–Crippen LogP) is 1.47. The maximum Gasteiger partial charge on any atom is 0.250 e. The van der Waals surface area contributed by atoms with Gasteiger partial charge in [0.05, 0.1) is 0 Å². The van der Waals surface area contributed by atoms with Gasteiger partial charge in [0, 0.05) is 6.08 Å². The zero-order valence-corrected chi connectivity index (χ0v) is 9.71. The lowest BCUT2D eigenvalue weighted by Gasteiger charge is -1.96. The first-order chi connectivity index (χ1) is 8.63. The van der Waals surface area contributed by atoms with Gasteiger partial charge in [-0.15, -0.1) is 5.10 Å². The summed E-state index contributed by atoms with van der Waals surface area (Å²) < 4.78 is 0. The molecular weight excluding hydrogens is 232 g/mol. The molecule has 0 bridgehead atoms. The largest absolute Gasteiger partial charge is 0.508 e. The maximum atomic E-state index is 11.5. The molecule has 3 N–H and O–H groups in total. The zero-order chi connectivity index (χ0) is 13.0. The molecule has 0 aliphatic carbocycles. The number of benzene rings is 1. The second kappa shape index (κ2) is 5.13. The summed E-state index contributed by atoms with van der Waals surface area (Å²) in [7, 11) is 0. The summed E-state index contributed by atoms with van der Waals surface area (Å²) in [4.78, 5) is 15.5. The van der Waals surface area contributed by atoms with Gasteiger partial charge in [-0.2, -0.15) is 4.98 Å². The van der Waals surface area contributed by atoms with E-state index < -0.39 is 0 Å². The number of amides is 1. The van der Waals surface area contributed by atoms with Gasteiger partial charge in [0.15, 0.2) is 0 Å². The van der Waals surface area contributed by atoms with Crippen LogP contribution in [0.1, 0.15) is 11.4 Å². The van der Waals surface area contributed by atoms with Gasteiger partial charge in [-0.3, -0.25) is 15.2 Å². The van der Waals surface area contributed by atoms with Crippen LogP contribution in [0.5, 0.6) is 5.75 Å². The molecule has 2 rings (SSSR count). The van der Waals surface area contributed by atoms with Crippen molar-refractivity contribution in [3.63, 3.8) is 0 Å². The summed E-state index contributed by atoms with van der Waals surface area (Å²) in [6.45, 7) is 1.74. The standard InChI is InChI=1S/C12H12N4O2/c1-8-13-12(16-15-8)14-11(18)6-5-9-3-2-4-10(17)7-9/h2-7,17H,1H3,(H2,13,14,15,16,18). The molecule has 2 aromatic rings. The number of nitrogens with zero attached hydrogens (tertiary/aromatic N) is 2. The fourth-order valence-corrected chi connectivity index (χ4v) is 1.35. The summed E-state index contributed by atoms with van der Waals surface area (Å²) >= 11 is 0. The number of rotatable bonds is 3. The third kappa shape index (κ3) is 3.18. The zero-order valence-electron chi connectivity index (χ0n) is 9.71. The molecule has 0 fully saturated rings. The van der Waals surface area contributed by atoms with Crippen LogP contribution < -0.4 is 5.32 Å². The summed E-state index contributed by atoms with van der Waals surface area (Å²) in [5, 5.41) is 18.2. The fourth-order valence-electron chi connectivity index (χ4n) is 1.35. The molecule has 1 aromatic heterocycles. The van der Waals surface area contributed by atoms with Gasteiger partial charge in [0.2, 0.25) is 5.95 Å². The number of carbonyl (C=O) groups excluding carboxylic acids is 1. The predicted molar refractivity (Wildman–Crippen MR) is 66.9 cm³/mol. The topological polar surface area (TPSA) is 90.9 Å². The molecular formula is C12H12N4O2. The number of phenolic OH excluding ortho intramolecular Hbond substituents is 1. The summed E-state index contributed by atoms with van der Waals surface area (Å²) in [6.07, 6.45) is 2.94. The maximum absolute atomic E-state index is 11.5. The van der Waals surface area contributed by atoms with E-state index in [0.717, 1.165) is 5.56 Å². The van der Waals surface area contributed by atoms with Gasteiger partial charge in [-0.1, -0.05) is 12.1 Å². The van der Waals surface area contributed by atoms with Crippen molar-refractivity contribution in [1.29, 1.82) is 0 Å². The van der Waals surface area contributed by atoms with Gasteiger partial charge in [0.1, 0.15) is 11.6 Å². The lowest BCUT2D eigenvalue weighted by Crippen LogP contribution is -2.09. The highest BCUT2D eigenvalue weighted by Gasteiger charge is 2.02. The Morgan fingerprint density at radius 3 is 3.00 bits per heavy atom. The van der Waals surface area contributed by atoms with Crippen LogP contribution in [-0.2, 0) is 4.79 Å². The quantitative estimate of drug-likeness (QED) is 0.713. The van der Waals surface area contributed by atoms with Crippen LogP contribution in [0.25, 0.3) is 6.08 Å². The number of hydrogen-bond donors (Lipinski definition) is 3. The Balaban J connectivity index is 1.99. The number of aromatic nitrogens is 3. The third-order valence-corrected chi connectivity index (χ3v) is 2.13. The molecule has 92 valence electrons. The lowest BCUT2D eigenvalue weighted by molar-refractivity contribution is -0.111. The van der Waals surface area contributed by atoms with E-state index in [1.54, 1.807) is 37.3 Å². The van der Waals surface area contributed by atoms with Crippen molar-refractivity contribution in [3.8, 4) is 5.75 Å². The van der Waals surface area contributed by atoms with Crippen molar-refractivity contribution >= 4 is 17.9 Å². The second-order valence-corrected chi connectivity index (χ2v) is 3.66. The molecule has 1 amide bonds. The first-order valence-electron chi connectivity index (χ1n) is 5.30. The van der Waals surface area contributed by atoms with Crippen molar-refractivity contribution < 1.29 is 9.90 Å². The number of hydrogen-bond acceptors (Lipinski definition) is 4. The molecule has 0 spiro atoms. The lowest BCUT2D eigenvalue weighted by atomic mass is 10.2. The van der Waals surface area contributed by atoms with Crippen LogP contribution in [0.4, 0.5) is 5.95 Å². The molecule has 0 atom stereocenters. The van der Waals surface area contributed by atoms with E-state index in [2.05, 4.69) is 20.5 Å². The molecule has 6 heteroatoms. The SMILES string of the molecule is Cc1nc(NC(=O)C=Cc2cccc(O)c2)n[nH]1. The van der Waals surface area contributed by atoms with Gasteiger partial charge in [-0.05, 0) is 30.7 Å². The second-order valence-electron chi connectivity index (χ2n) is 3.66. The molecule has 0 saturated carbocycles. The normalized spacial score (nSPS) is 10.7. The Labute approximate surface area is 103 Å². The number of anilines is 1. The third-order valence-electron chi connectivity index (χ3n) is 2.13. The fraction of sp³-hybridized carbons (Fsp3) is 0.0833. The van der Waals surface area contributed by atoms with E-state index in [1.807, 2.05) is 0 Å². The molecule has 1 aromatic carbocycles. The van der Waals surface area contributed by atoms with Crippen LogP contribution in [0.3, 0.4) is 0 Å². The first-order valence-corrected chi connectivity index (χ1v) is 5.30. The van der Waals surface area contributed by atoms with Crippen molar-refractivity contribution in [2.24, 2.45) is 0 Å². The smallest absolute Gasteiger partial charge is 0.250 e. The number of nitrogens with one attached hydrogen (secondary N) is 2. The average Bonchev–Trinajstić information content (AvgIpc) is 2.72. The molecule has 18 heavy (non-hydrogen) atoms.